The standard InChI is InChI=1S/C27H33N5O5/c1-17-9-7-13-28-23(17)32(19-10-8-14-31(16-19)25(35)36-26(2,3)4)24(34)20-12-11-18(15-29-20)21-22(33)27(5,6)37-30-21/h7,9,11-13,15,19H,8,10,14,16H2,1-6H3/t19-/m1/s1. The number of ketones is 1. The number of carbonyl (C=O) groups is 3. The van der Waals surface area contributed by atoms with Crippen LogP contribution in [0.15, 0.2) is 41.8 Å². The lowest BCUT2D eigenvalue weighted by Gasteiger charge is -2.39. The summed E-state index contributed by atoms with van der Waals surface area (Å²) < 4.78 is 5.57. The van der Waals surface area contributed by atoms with Gasteiger partial charge in [0, 0.05) is 31.0 Å². The van der Waals surface area contributed by atoms with Crippen molar-refractivity contribution in [1.29, 1.82) is 0 Å². The van der Waals surface area contributed by atoms with Crippen LogP contribution in [-0.4, -0.2) is 68.7 Å². The number of likely N-dealkylation sites (tertiary alicyclic amines) is 1. The predicted molar refractivity (Wildman–Crippen MR) is 138 cm³/mol. The first-order valence-corrected chi connectivity index (χ1v) is 12.4. The van der Waals surface area contributed by atoms with Gasteiger partial charge in [0.25, 0.3) is 5.91 Å². The molecule has 196 valence electrons. The predicted octanol–water partition coefficient (Wildman–Crippen LogP) is 3.91. The number of pyridine rings is 2. The number of nitrogens with zero attached hydrogens (tertiary/aromatic N) is 5. The Kier molecular flexibility index (Phi) is 7.03. The van der Waals surface area contributed by atoms with Crippen LogP contribution in [0.3, 0.4) is 0 Å². The number of piperidine rings is 1. The molecule has 0 bridgehead atoms. The summed E-state index contributed by atoms with van der Waals surface area (Å²) in [5.41, 5.74) is 0.0174. The van der Waals surface area contributed by atoms with Crippen LogP contribution in [0.5, 0.6) is 0 Å². The van der Waals surface area contributed by atoms with Gasteiger partial charge in [0.05, 0.1) is 6.04 Å². The minimum atomic E-state index is -1.03. The fourth-order valence-corrected chi connectivity index (χ4v) is 4.32. The summed E-state index contributed by atoms with van der Waals surface area (Å²) in [5, 5.41) is 3.90. The number of anilines is 1. The Bertz CT molecular complexity index is 1230. The van der Waals surface area contributed by atoms with Crippen LogP contribution >= 0.6 is 0 Å². The number of Topliss-reactive ketones (excluding diaryl/α,β-unsaturated/α-hetero) is 1. The maximum absolute atomic E-state index is 13.9. The second-order valence-corrected chi connectivity index (χ2v) is 10.8. The van der Waals surface area contributed by atoms with Gasteiger partial charge in [-0.2, -0.15) is 0 Å². The minimum absolute atomic E-state index is 0.175. The zero-order valence-corrected chi connectivity index (χ0v) is 22.1. The van der Waals surface area contributed by atoms with Crippen molar-refractivity contribution in [3.63, 3.8) is 0 Å². The molecule has 37 heavy (non-hydrogen) atoms. The van der Waals surface area contributed by atoms with Crippen LogP contribution in [0.2, 0.25) is 0 Å². The summed E-state index contributed by atoms with van der Waals surface area (Å²) in [5.74, 6) is -0.0795. The van der Waals surface area contributed by atoms with Gasteiger partial charge < -0.3 is 14.5 Å². The number of hydrogen-bond acceptors (Lipinski definition) is 8. The average Bonchev–Trinajstić information content (AvgIpc) is 3.12. The van der Waals surface area contributed by atoms with Crippen molar-refractivity contribution in [1.82, 2.24) is 14.9 Å². The number of oxime groups is 1. The van der Waals surface area contributed by atoms with Gasteiger partial charge in [-0.15, -0.1) is 0 Å². The van der Waals surface area contributed by atoms with E-state index in [1.54, 1.807) is 42.0 Å². The zero-order chi connectivity index (χ0) is 27.0. The van der Waals surface area contributed by atoms with Crippen molar-refractivity contribution < 1.29 is 24.0 Å². The number of aromatic nitrogens is 2. The van der Waals surface area contributed by atoms with Gasteiger partial charge in [0.15, 0.2) is 11.3 Å². The summed E-state index contributed by atoms with van der Waals surface area (Å²) in [7, 11) is 0. The highest BCUT2D eigenvalue weighted by molar-refractivity contribution is 6.49. The molecule has 1 atom stereocenters. The van der Waals surface area contributed by atoms with E-state index in [9.17, 15) is 14.4 Å². The summed E-state index contributed by atoms with van der Waals surface area (Å²) in [6.45, 7) is 11.5. The number of aryl methyl sites for hydroxylation is 1. The molecule has 0 spiro atoms. The first kappa shape index (κ1) is 26.2. The fraction of sp³-hybridized carbons (Fsp3) is 0.481. The molecular formula is C27H33N5O5. The van der Waals surface area contributed by atoms with Gasteiger partial charge in [0.1, 0.15) is 17.1 Å². The third-order valence-electron chi connectivity index (χ3n) is 6.23. The molecule has 2 aliphatic heterocycles. The molecule has 2 aliphatic rings. The second kappa shape index (κ2) is 9.91. The van der Waals surface area contributed by atoms with E-state index in [0.29, 0.717) is 37.3 Å². The van der Waals surface area contributed by atoms with Gasteiger partial charge in [-0.3, -0.25) is 19.5 Å². The van der Waals surface area contributed by atoms with E-state index in [1.807, 2.05) is 39.8 Å². The molecule has 1 fully saturated rings. The van der Waals surface area contributed by atoms with E-state index in [0.717, 1.165) is 5.56 Å². The van der Waals surface area contributed by atoms with E-state index in [1.165, 1.54) is 6.20 Å². The van der Waals surface area contributed by atoms with E-state index in [2.05, 4.69) is 15.1 Å². The molecule has 0 unspecified atom stereocenters. The van der Waals surface area contributed by atoms with Gasteiger partial charge in [-0.05, 0) is 78.1 Å². The number of rotatable bonds is 4. The Hall–Kier alpha value is -3.82. The molecule has 0 aliphatic carbocycles. The highest BCUT2D eigenvalue weighted by Gasteiger charge is 2.40. The lowest BCUT2D eigenvalue weighted by atomic mass is 9.97. The molecule has 0 saturated carbocycles. The van der Waals surface area contributed by atoms with Crippen LogP contribution in [0.4, 0.5) is 10.6 Å². The normalized spacial score (nSPS) is 19.2. The lowest BCUT2D eigenvalue weighted by Crippen LogP contribution is -2.53. The number of amides is 2. The van der Waals surface area contributed by atoms with Crippen LogP contribution in [0.25, 0.3) is 0 Å². The van der Waals surface area contributed by atoms with Gasteiger partial charge in [0.2, 0.25) is 5.78 Å². The quantitative estimate of drug-likeness (QED) is 0.616. The minimum Gasteiger partial charge on any atom is -0.444 e. The summed E-state index contributed by atoms with van der Waals surface area (Å²) in [6.07, 6.45) is 4.09. The molecule has 0 N–H and O–H groups in total. The highest BCUT2D eigenvalue weighted by atomic mass is 16.7. The molecule has 2 aromatic heterocycles. The molecule has 0 radical (unpaired) electrons. The van der Waals surface area contributed by atoms with Crippen LogP contribution < -0.4 is 4.90 Å². The molecule has 4 rings (SSSR count). The third kappa shape index (κ3) is 5.63. The van der Waals surface area contributed by atoms with Crippen molar-refractivity contribution >= 4 is 29.3 Å². The van der Waals surface area contributed by atoms with E-state index in [-0.39, 0.29) is 29.1 Å². The topological polar surface area (TPSA) is 114 Å². The van der Waals surface area contributed by atoms with Crippen molar-refractivity contribution in [3.8, 4) is 0 Å². The Labute approximate surface area is 216 Å². The maximum atomic E-state index is 13.9. The molecule has 2 aromatic rings. The van der Waals surface area contributed by atoms with Gasteiger partial charge in [-0.25, -0.2) is 9.78 Å². The van der Waals surface area contributed by atoms with Crippen LogP contribution in [0, 0.1) is 6.92 Å². The lowest BCUT2D eigenvalue weighted by molar-refractivity contribution is -0.128. The number of ether oxygens (including phenoxy) is 1. The van der Waals surface area contributed by atoms with Crippen molar-refractivity contribution in [3.05, 3.63) is 53.5 Å². The zero-order valence-electron chi connectivity index (χ0n) is 22.1. The number of carbonyl (C=O) groups excluding carboxylic acids is 3. The Morgan fingerprint density at radius 3 is 2.54 bits per heavy atom. The molecule has 10 heteroatoms. The SMILES string of the molecule is Cc1cccnc1N(C(=O)c1ccc(C2=NOC(C)(C)C2=O)cn1)[C@@H]1CCCN(C(=O)OC(C)(C)C)C1. The van der Waals surface area contributed by atoms with E-state index in [4.69, 9.17) is 9.57 Å². The van der Waals surface area contributed by atoms with Crippen molar-refractivity contribution in [2.45, 2.75) is 71.6 Å². The maximum Gasteiger partial charge on any atom is 0.410 e. The first-order chi connectivity index (χ1) is 17.4. The van der Waals surface area contributed by atoms with E-state index >= 15 is 0 Å². The molecule has 10 nitrogen and oxygen atoms in total. The Morgan fingerprint density at radius 1 is 1.19 bits per heavy atom. The smallest absolute Gasteiger partial charge is 0.410 e. The largest absolute Gasteiger partial charge is 0.444 e. The summed E-state index contributed by atoms with van der Waals surface area (Å²) in [6, 6.07) is 6.58. The molecule has 0 aromatic carbocycles. The summed E-state index contributed by atoms with van der Waals surface area (Å²) >= 11 is 0. The highest BCUT2D eigenvalue weighted by Crippen LogP contribution is 2.27. The Morgan fingerprint density at radius 2 is 1.95 bits per heavy atom. The molecular weight excluding hydrogens is 474 g/mol. The number of hydrogen-bond donors (Lipinski definition) is 0. The van der Waals surface area contributed by atoms with Crippen LogP contribution in [-0.2, 0) is 14.4 Å². The molecule has 1 saturated heterocycles. The summed E-state index contributed by atoms with van der Waals surface area (Å²) in [4.78, 5) is 56.6. The van der Waals surface area contributed by atoms with Crippen molar-refractivity contribution in [2.24, 2.45) is 5.16 Å². The van der Waals surface area contributed by atoms with Crippen molar-refractivity contribution in [2.75, 3.05) is 18.0 Å². The average molecular weight is 508 g/mol. The Balaban J connectivity index is 1.62. The fourth-order valence-electron chi connectivity index (χ4n) is 4.32. The molecule has 2 amide bonds. The van der Waals surface area contributed by atoms with E-state index < -0.39 is 17.3 Å². The van der Waals surface area contributed by atoms with Crippen LogP contribution in [0.1, 0.15) is 69.1 Å². The monoisotopic (exact) mass is 507 g/mol. The van der Waals surface area contributed by atoms with Gasteiger partial charge in [-0.1, -0.05) is 11.2 Å². The third-order valence-corrected chi connectivity index (χ3v) is 6.23. The second-order valence-electron chi connectivity index (χ2n) is 10.8. The van der Waals surface area contributed by atoms with Gasteiger partial charge >= 0.3 is 6.09 Å². The molecule has 4 heterocycles. The first-order valence-electron chi connectivity index (χ1n) is 12.4.